The zero-order valence-corrected chi connectivity index (χ0v) is 11.5. The summed E-state index contributed by atoms with van der Waals surface area (Å²) in [4.78, 5) is 11.8. The third-order valence-electron chi connectivity index (χ3n) is 2.68. The van der Waals surface area contributed by atoms with E-state index >= 15 is 0 Å². The van der Waals surface area contributed by atoms with Gasteiger partial charge in [-0.1, -0.05) is 30.0 Å². The first-order chi connectivity index (χ1) is 9.84. The predicted molar refractivity (Wildman–Crippen MR) is 73.3 cm³/mol. The molecule has 0 aromatic heterocycles. The zero-order valence-electron chi connectivity index (χ0n) is 10.7. The topological polar surface area (TPSA) is 37.3 Å². The normalized spacial score (nSPS) is 11.4. The zero-order chi connectivity index (χ0) is 15.5. The monoisotopic (exact) mass is 312 g/mol. The molecule has 1 N–H and O–H groups in total. The number of halogens is 3. The largest absolute Gasteiger partial charge is 0.481 e. The molecule has 0 aliphatic rings. The molecule has 0 fully saturated rings. The number of aliphatic carboxylic acids is 1. The average Bonchev–Trinajstić information content (AvgIpc) is 2.40. The summed E-state index contributed by atoms with van der Waals surface area (Å²) in [5.74, 6) is -0.923. The summed E-state index contributed by atoms with van der Waals surface area (Å²) >= 11 is 1.20. The highest BCUT2D eigenvalue weighted by molar-refractivity contribution is 7.99. The standard InChI is InChI=1S/C15H11F3O2S/c16-15(17,18)11-2-1-3-13(9-11)21-12-6-4-10(5-7-12)8-14(19)20/h1-7,9H,8H2,(H,19,20). The summed E-state index contributed by atoms with van der Waals surface area (Å²) in [6.45, 7) is 0. The van der Waals surface area contributed by atoms with E-state index in [9.17, 15) is 18.0 Å². The quantitative estimate of drug-likeness (QED) is 0.904. The van der Waals surface area contributed by atoms with Crippen LogP contribution in [0.1, 0.15) is 11.1 Å². The van der Waals surface area contributed by atoms with Crippen molar-refractivity contribution < 1.29 is 23.1 Å². The Kier molecular flexibility index (Phi) is 4.57. The molecule has 2 aromatic rings. The maximum atomic E-state index is 12.6. The highest BCUT2D eigenvalue weighted by Gasteiger charge is 2.30. The number of benzene rings is 2. The Labute approximate surface area is 123 Å². The van der Waals surface area contributed by atoms with Crippen LogP contribution in [0.4, 0.5) is 13.2 Å². The van der Waals surface area contributed by atoms with Gasteiger partial charge in [0.25, 0.3) is 0 Å². The SMILES string of the molecule is O=C(O)Cc1ccc(Sc2cccc(C(F)(F)F)c2)cc1. The third-order valence-corrected chi connectivity index (χ3v) is 3.67. The summed E-state index contributed by atoms with van der Waals surface area (Å²) in [6.07, 6.45) is -4.43. The van der Waals surface area contributed by atoms with Crippen molar-refractivity contribution in [2.75, 3.05) is 0 Å². The molecule has 21 heavy (non-hydrogen) atoms. The van der Waals surface area contributed by atoms with Crippen molar-refractivity contribution in [2.45, 2.75) is 22.4 Å². The Morgan fingerprint density at radius 3 is 2.29 bits per heavy atom. The van der Waals surface area contributed by atoms with Gasteiger partial charge in [-0.3, -0.25) is 4.79 Å². The van der Waals surface area contributed by atoms with Crippen molar-refractivity contribution in [3.63, 3.8) is 0 Å². The van der Waals surface area contributed by atoms with E-state index in [0.717, 1.165) is 17.0 Å². The van der Waals surface area contributed by atoms with E-state index in [-0.39, 0.29) is 6.42 Å². The van der Waals surface area contributed by atoms with E-state index in [1.54, 1.807) is 30.3 Å². The van der Waals surface area contributed by atoms with Crippen molar-refractivity contribution >= 4 is 17.7 Å². The highest BCUT2D eigenvalue weighted by Crippen LogP contribution is 2.34. The van der Waals surface area contributed by atoms with Crippen LogP contribution in [-0.2, 0) is 17.4 Å². The van der Waals surface area contributed by atoms with Gasteiger partial charge in [-0.15, -0.1) is 0 Å². The molecular weight excluding hydrogens is 301 g/mol. The van der Waals surface area contributed by atoms with E-state index in [1.807, 2.05) is 0 Å². The van der Waals surface area contributed by atoms with Gasteiger partial charge in [0.2, 0.25) is 0 Å². The minimum absolute atomic E-state index is 0.0749. The molecule has 2 rings (SSSR count). The Bertz CT molecular complexity index is 636. The van der Waals surface area contributed by atoms with Crippen LogP contribution in [0.15, 0.2) is 58.3 Å². The van der Waals surface area contributed by atoms with Gasteiger partial charge in [0.1, 0.15) is 0 Å². The van der Waals surface area contributed by atoms with Gasteiger partial charge in [-0.25, -0.2) is 0 Å². The molecule has 2 aromatic carbocycles. The highest BCUT2D eigenvalue weighted by atomic mass is 32.2. The van der Waals surface area contributed by atoms with Crippen molar-refractivity contribution in [1.82, 2.24) is 0 Å². The minimum Gasteiger partial charge on any atom is -0.481 e. The molecule has 0 radical (unpaired) electrons. The maximum Gasteiger partial charge on any atom is 0.416 e. The summed E-state index contributed by atoms with van der Waals surface area (Å²) in [5, 5.41) is 8.67. The lowest BCUT2D eigenvalue weighted by atomic mass is 10.2. The lowest BCUT2D eigenvalue weighted by Gasteiger charge is -2.08. The first kappa shape index (κ1) is 15.4. The molecule has 0 aliphatic heterocycles. The summed E-state index contributed by atoms with van der Waals surface area (Å²) < 4.78 is 37.8. The van der Waals surface area contributed by atoms with E-state index in [4.69, 9.17) is 5.11 Å². The minimum atomic E-state index is -4.36. The molecule has 0 unspecified atom stereocenters. The molecule has 0 amide bonds. The van der Waals surface area contributed by atoms with E-state index in [0.29, 0.717) is 10.5 Å². The number of alkyl halides is 3. The Hall–Kier alpha value is -1.95. The fraction of sp³-hybridized carbons (Fsp3) is 0.133. The predicted octanol–water partition coefficient (Wildman–Crippen LogP) is 4.48. The van der Waals surface area contributed by atoms with Crippen LogP contribution < -0.4 is 0 Å². The van der Waals surface area contributed by atoms with Crippen LogP contribution in [0.25, 0.3) is 0 Å². The van der Waals surface area contributed by atoms with E-state index in [1.165, 1.54) is 17.8 Å². The number of hydrogen-bond donors (Lipinski definition) is 1. The van der Waals surface area contributed by atoms with Crippen LogP contribution in [0.3, 0.4) is 0 Å². The van der Waals surface area contributed by atoms with Gasteiger partial charge in [0, 0.05) is 9.79 Å². The molecule has 0 atom stereocenters. The first-order valence-electron chi connectivity index (χ1n) is 6.00. The van der Waals surface area contributed by atoms with Gasteiger partial charge < -0.3 is 5.11 Å². The Balaban J connectivity index is 2.13. The molecule has 0 bridgehead atoms. The lowest BCUT2D eigenvalue weighted by molar-refractivity contribution is -0.138. The average molecular weight is 312 g/mol. The smallest absolute Gasteiger partial charge is 0.416 e. The molecule has 0 saturated heterocycles. The van der Waals surface area contributed by atoms with Crippen molar-refractivity contribution in [3.8, 4) is 0 Å². The number of carboxylic acid groups (broad SMARTS) is 1. The fourth-order valence-electron chi connectivity index (χ4n) is 1.72. The molecule has 0 saturated carbocycles. The van der Waals surface area contributed by atoms with Gasteiger partial charge in [0.05, 0.1) is 12.0 Å². The van der Waals surface area contributed by atoms with Crippen LogP contribution in [0, 0.1) is 0 Å². The molecule has 110 valence electrons. The maximum absolute atomic E-state index is 12.6. The molecule has 6 heteroatoms. The van der Waals surface area contributed by atoms with Gasteiger partial charge in [0.15, 0.2) is 0 Å². The molecule has 2 nitrogen and oxygen atoms in total. The van der Waals surface area contributed by atoms with Crippen LogP contribution in [0.5, 0.6) is 0 Å². The number of carboxylic acids is 1. The summed E-state index contributed by atoms with van der Waals surface area (Å²) in [5.41, 5.74) is -0.0362. The van der Waals surface area contributed by atoms with E-state index < -0.39 is 17.7 Å². The van der Waals surface area contributed by atoms with Crippen molar-refractivity contribution in [3.05, 3.63) is 59.7 Å². The second-order valence-corrected chi connectivity index (χ2v) is 5.49. The van der Waals surface area contributed by atoms with Crippen LogP contribution in [-0.4, -0.2) is 11.1 Å². The summed E-state index contributed by atoms with van der Waals surface area (Å²) in [6, 6.07) is 11.8. The van der Waals surface area contributed by atoms with Crippen LogP contribution in [0.2, 0.25) is 0 Å². The Morgan fingerprint density at radius 2 is 1.71 bits per heavy atom. The van der Waals surface area contributed by atoms with Gasteiger partial charge >= 0.3 is 12.1 Å². The molecule has 0 heterocycles. The van der Waals surface area contributed by atoms with Crippen molar-refractivity contribution in [2.24, 2.45) is 0 Å². The second kappa shape index (κ2) is 6.22. The lowest BCUT2D eigenvalue weighted by Crippen LogP contribution is -2.04. The number of rotatable bonds is 4. The number of carbonyl (C=O) groups is 1. The molecule has 0 spiro atoms. The Morgan fingerprint density at radius 1 is 1.05 bits per heavy atom. The molecule has 0 aliphatic carbocycles. The fourth-order valence-corrected chi connectivity index (χ4v) is 2.60. The van der Waals surface area contributed by atoms with Crippen LogP contribution >= 0.6 is 11.8 Å². The van der Waals surface area contributed by atoms with E-state index in [2.05, 4.69) is 0 Å². The second-order valence-electron chi connectivity index (χ2n) is 4.34. The van der Waals surface area contributed by atoms with Gasteiger partial charge in [-0.2, -0.15) is 13.2 Å². The number of hydrogen-bond acceptors (Lipinski definition) is 2. The van der Waals surface area contributed by atoms with Gasteiger partial charge in [-0.05, 0) is 35.9 Å². The summed E-state index contributed by atoms with van der Waals surface area (Å²) in [7, 11) is 0. The molecular formula is C15H11F3O2S. The first-order valence-corrected chi connectivity index (χ1v) is 6.82. The third kappa shape index (κ3) is 4.53. The van der Waals surface area contributed by atoms with Crippen molar-refractivity contribution in [1.29, 1.82) is 0 Å².